The molecule has 1 fully saturated rings. The minimum atomic E-state index is -0.458. The van der Waals surface area contributed by atoms with Crippen LogP contribution in [0.2, 0.25) is 0 Å². The fourth-order valence-corrected chi connectivity index (χ4v) is 4.12. The Balaban J connectivity index is 1.50. The minimum absolute atomic E-state index is 0.00372. The first-order valence-corrected chi connectivity index (χ1v) is 10.3. The summed E-state index contributed by atoms with van der Waals surface area (Å²) in [6, 6.07) is 1.39. The van der Waals surface area contributed by atoms with E-state index in [0.29, 0.717) is 28.6 Å². The molecule has 3 atom stereocenters. The molecule has 152 valence electrons. The summed E-state index contributed by atoms with van der Waals surface area (Å²) in [6.07, 6.45) is 4.75. The third-order valence-corrected chi connectivity index (χ3v) is 6.32. The zero-order chi connectivity index (χ0) is 20.3. The third kappa shape index (κ3) is 4.49. The van der Waals surface area contributed by atoms with E-state index < -0.39 is 11.9 Å². The third-order valence-electron chi connectivity index (χ3n) is 5.37. The van der Waals surface area contributed by atoms with Crippen molar-refractivity contribution in [2.75, 3.05) is 11.6 Å². The summed E-state index contributed by atoms with van der Waals surface area (Å²) in [7, 11) is 0. The van der Waals surface area contributed by atoms with Gasteiger partial charge in [0.05, 0.1) is 17.6 Å². The molecule has 0 bridgehead atoms. The van der Waals surface area contributed by atoms with Crippen LogP contribution in [0.1, 0.15) is 38.9 Å². The Morgan fingerprint density at radius 3 is 2.86 bits per heavy atom. The molecular weight excluding hydrogens is 380 g/mol. The topological polar surface area (TPSA) is 128 Å². The molecular formula is C18H26N6O3S. The second-order valence-corrected chi connectivity index (χ2v) is 8.19. The van der Waals surface area contributed by atoms with Gasteiger partial charge in [0.1, 0.15) is 5.76 Å². The Morgan fingerprint density at radius 1 is 1.36 bits per heavy atom. The zero-order valence-electron chi connectivity index (χ0n) is 16.3. The van der Waals surface area contributed by atoms with E-state index in [9.17, 15) is 9.59 Å². The molecule has 0 aromatic carbocycles. The van der Waals surface area contributed by atoms with Gasteiger partial charge in [0, 0.05) is 6.04 Å². The monoisotopic (exact) mass is 406 g/mol. The van der Waals surface area contributed by atoms with Gasteiger partial charge < -0.3 is 15.6 Å². The van der Waals surface area contributed by atoms with E-state index in [4.69, 9.17) is 10.3 Å². The number of aryl methyl sites for hydroxylation is 1. The summed E-state index contributed by atoms with van der Waals surface area (Å²) in [5.41, 5.74) is 0.738. The Morgan fingerprint density at radius 2 is 2.14 bits per heavy atom. The Bertz CT molecular complexity index is 848. The molecule has 9 nitrogen and oxygen atoms in total. The van der Waals surface area contributed by atoms with Crippen LogP contribution in [-0.4, -0.2) is 38.6 Å². The first-order chi connectivity index (χ1) is 13.4. The van der Waals surface area contributed by atoms with Gasteiger partial charge in [0.25, 0.3) is 0 Å². The molecule has 1 saturated carbocycles. The number of nitrogens with one attached hydrogen (secondary N) is 2. The maximum absolute atomic E-state index is 12.1. The number of amides is 3. The standard InChI is InChI=1S/C18H26N6O3S/c1-10-5-4-6-14(11(10)2)20-17(26)21-15(25)9-28-18-23-22-16(24(18)19)13-7-8-27-12(13)3/h7-8,10-11,14H,4-6,9,19H2,1-3H3,(H2,20,21,25,26)/t10-,11-,14-/m1/s1. The van der Waals surface area contributed by atoms with E-state index >= 15 is 0 Å². The lowest BCUT2D eigenvalue weighted by atomic mass is 9.78. The van der Waals surface area contributed by atoms with Crippen LogP contribution >= 0.6 is 11.8 Å². The molecule has 1 aliphatic rings. The molecule has 0 unspecified atom stereocenters. The van der Waals surface area contributed by atoms with Crippen molar-refractivity contribution >= 4 is 23.7 Å². The van der Waals surface area contributed by atoms with Gasteiger partial charge in [-0.3, -0.25) is 10.1 Å². The number of carbonyl (C=O) groups excluding carboxylic acids is 2. The maximum Gasteiger partial charge on any atom is 0.321 e. The lowest BCUT2D eigenvalue weighted by Gasteiger charge is -2.34. The Hall–Kier alpha value is -2.49. The van der Waals surface area contributed by atoms with Gasteiger partial charge >= 0.3 is 6.03 Å². The van der Waals surface area contributed by atoms with Gasteiger partial charge in [0.2, 0.25) is 11.1 Å². The van der Waals surface area contributed by atoms with Crippen molar-refractivity contribution in [1.82, 2.24) is 25.5 Å². The number of rotatable bonds is 5. The van der Waals surface area contributed by atoms with Crippen molar-refractivity contribution in [2.45, 2.75) is 51.2 Å². The summed E-state index contributed by atoms with van der Waals surface area (Å²) in [5.74, 6) is 7.70. The number of hydrogen-bond donors (Lipinski definition) is 3. The maximum atomic E-state index is 12.1. The molecule has 3 amide bonds. The molecule has 4 N–H and O–H groups in total. The van der Waals surface area contributed by atoms with Crippen LogP contribution in [0.4, 0.5) is 4.79 Å². The van der Waals surface area contributed by atoms with Gasteiger partial charge in [-0.05, 0) is 31.2 Å². The van der Waals surface area contributed by atoms with Crippen molar-refractivity contribution < 1.29 is 14.0 Å². The molecule has 10 heteroatoms. The highest BCUT2D eigenvalue weighted by molar-refractivity contribution is 7.99. The number of nitrogen functional groups attached to an aromatic ring is 1. The first-order valence-electron chi connectivity index (χ1n) is 9.35. The van der Waals surface area contributed by atoms with Gasteiger partial charge in [-0.25, -0.2) is 9.47 Å². The van der Waals surface area contributed by atoms with E-state index in [0.717, 1.165) is 30.2 Å². The fourth-order valence-electron chi connectivity index (χ4n) is 3.46. The summed E-state index contributed by atoms with van der Waals surface area (Å²) in [5, 5.41) is 13.7. The number of thioether (sulfide) groups is 1. The van der Waals surface area contributed by atoms with E-state index in [1.807, 2.05) is 0 Å². The van der Waals surface area contributed by atoms with Gasteiger partial charge in [-0.15, -0.1) is 10.2 Å². The van der Waals surface area contributed by atoms with Crippen LogP contribution in [0, 0.1) is 18.8 Å². The van der Waals surface area contributed by atoms with Crippen molar-refractivity contribution in [1.29, 1.82) is 0 Å². The quantitative estimate of drug-likeness (QED) is 0.513. The number of aromatic nitrogens is 3. The number of imide groups is 1. The van der Waals surface area contributed by atoms with Crippen molar-refractivity contribution in [3.05, 3.63) is 18.1 Å². The largest absolute Gasteiger partial charge is 0.469 e. The molecule has 0 saturated heterocycles. The highest BCUT2D eigenvalue weighted by Gasteiger charge is 2.28. The van der Waals surface area contributed by atoms with E-state index in [2.05, 4.69) is 34.7 Å². The van der Waals surface area contributed by atoms with Crippen LogP contribution in [0.15, 0.2) is 21.9 Å². The second kappa shape index (κ2) is 8.68. The summed E-state index contributed by atoms with van der Waals surface area (Å²) in [6.45, 7) is 6.14. The normalized spacial score (nSPS) is 22.0. The average molecular weight is 407 g/mol. The van der Waals surface area contributed by atoms with Gasteiger partial charge in [-0.1, -0.05) is 38.5 Å². The smallest absolute Gasteiger partial charge is 0.321 e. The van der Waals surface area contributed by atoms with E-state index in [1.54, 1.807) is 19.3 Å². The van der Waals surface area contributed by atoms with Gasteiger partial charge in [0.15, 0.2) is 5.82 Å². The molecule has 0 aliphatic heterocycles. The number of nitrogens with two attached hydrogens (primary N) is 1. The van der Waals surface area contributed by atoms with Crippen molar-refractivity contribution in [3.8, 4) is 11.4 Å². The van der Waals surface area contributed by atoms with Crippen LogP contribution in [0.5, 0.6) is 0 Å². The zero-order valence-corrected chi connectivity index (χ0v) is 17.1. The summed E-state index contributed by atoms with van der Waals surface area (Å²) in [4.78, 5) is 24.2. The highest BCUT2D eigenvalue weighted by Crippen LogP contribution is 2.29. The molecule has 2 aromatic rings. The number of hydrogen-bond acceptors (Lipinski definition) is 7. The van der Waals surface area contributed by atoms with Crippen LogP contribution in [-0.2, 0) is 4.79 Å². The van der Waals surface area contributed by atoms with E-state index in [-0.39, 0.29) is 11.8 Å². The highest BCUT2D eigenvalue weighted by atomic mass is 32.2. The van der Waals surface area contributed by atoms with Crippen LogP contribution in [0.3, 0.4) is 0 Å². The lowest BCUT2D eigenvalue weighted by molar-refractivity contribution is -0.117. The molecule has 2 heterocycles. The number of carbonyl (C=O) groups is 2. The molecule has 0 spiro atoms. The molecule has 1 aliphatic carbocycles. The molecule has 0 radical (unpaired) electrons. The number of urea groups is 1. The number of furan rings is 1. The SMILES string of the molecule is Cc1occc1-c1nnc(SCC(=O)NC(=O)N[C@@H]2CCC[C@@H](C)[C@H]2C)n1N. The number of nitrogens with zero attached hydrogens (tertiary/aromatic N) is 3. The fraction of sp³-hybridized carbons (Fsp3) is 0.556. The predicted octanol–water partition coefficient (Wildman–Crippen LogP) is 2.30. The van der Waals surface area contributed by atoms with E-state index in [1.165, 1.54) is 11.1 Å². The first kappa shape index (κ1) is 20.2. The predicted molar refractivity (Wildman–Crippen MR) is 106 cm³/mol. The van der Waals surface area contributed by atoms with Crippen molar-refractivity contribution in [2.24, 2.45) is 11.8 Å². The molecule has 2 aromatic heterocycles. The molecule has 3 rings (SSSR count). The summed E-state index contributed by atoms with van der Waals surface area (Å²) >= 11 is 1.11. The lowest BCUT2D eigenvalue weighted by Crippen LogP contribution is -2.49. The second-order valence-electron chi connectivity index (χ2n) is 7.25. The Kier molecular flexibility index (Phi) is 6.28. The average Bonchev–Trinajstić information content (AvgIpc) is 3.22. The summed E-state index contributed by atoms with van der Waals surface area (Å²) < 4.78 is 6.56. The Labute approximate surface area is 167 Å². The van der Waals surface area contributed by atoms with Crippen LogP contribution < -0.4 is 16.5 Å². The van der Waals surface area contributed by atoms with Crippen LogP contribution in [0.25, 0.3) is 11.4 Å². The molecule has 28 heavy (non-hydrogen) atoms. The van der Waals surface area contributed by atoms with Gasteiger partial charge in [-0.2, -0.15) is 0 Å². The van der Waals surface area contributed by atoms with Crippen molar-refractivity contribution in [3.63, 3.8) is 0 Å². The minimum Gasteiger partial charge on any atom is -0.469 e.